The van der Waals surface area contributed by atoms with Crippen LogP contribution in [0.5, 0.6) is 0 Å². The summed E-state index contributed by atoms with van der Waals surface area (Å²) in [6.07, 6.45) is 8.33. The van der Waals surface area contributed by atoms with Crippen LogP contribution in [0.2, 0.25) is 0 Å². The Hall–Kier alpha value is -1.31. The normalized spacial score (nSPS) is 19.2. The fourth-order valence-electron chi connectivity index (χ4n) is 3.56. The van der Waals surface area contributed by atoms with E-state index in [1.807, 2.05) is 0 Å². The lowest BCUT2D eigenvalue weighted by Gasteiger charge is -2.25. The predicted molar refractivity (Wildman–Crippen MR) is 74.1 cm³/mol. The molecule has 1 aromatic carbocycles. The summed E-state index contributed by atoms with van der Waals surface area (Å²) < 4.78 is 0. The van der Waals surface area contributed by atoms with E-state index in [0.717, 1.165) is 25.2 Å². The van der Waals surface area contributed by atoms with Crippen LogP contribution < -0.4 is 4.90 Å². The fourth-order valence-corrected chi connectivity index (χ4v) is 3.56. The number of hydrogen-bond acceptors (Lipinski definition) is 2. The van der Waals surface area contributed by atoms with Gasteiger partial charge in [-0.1, -0.05) is 31.0 Å². The van der Waals surface area contributed by atoms with Crippen molar-refractivity contribution in [3.05, 3.63) is 29.3 Å². The molecule has 0 bridgehead atoms. The van der Waals surface area contributed by atoms with Gasteiger partial charge in [0.2, 0.25) is 0 Å². The molecule has 1 aliphatic carbocycles. The molecule has 0 aromatic heterocycles. The van der Waals surface area contributed by atoms with E-state index >= 15 is 0 Å². The number of nitrogens with zero attached hydrogens (tertiary/aromatic N) is 1. The zero-order valence-electron chi connectivity index (χ0n) is 10.9. The molecule has 0 amide bonds. The molecule has 0 atom stereocenters. The lowest BCUT2D eigenvalue weighted by atomic mass is 10.0. The molecule has 3 rings (SSSR count). The van der Waals surface area contributed by atoms with Crippen molar-refractivity contribution in [3.8, 4) is 0 Å². The lowest BCUT2D eigenvalue weighted by Crippen LogP contribution is -2.27. The Kier molecular flexibility index (Phi) is 3.35. The number of para-hydroxylation sites is 1. The highest BCUT2D eigenvalue weighted by atomic mass is 16.1. The third kappa shape index (κ3) is 2.16. The molecule has 2 nitrogen and oxygen atoms in total. The SMILES string of the molecule is O=CCc1cccc2c1N(CC1CCCC1)CC2. The Morgan fingerprint density at radius 2 is 2.11 bits per heavy atom. The highest BCUT2D eigenvalue weighted by Crippen LogP contribution is 2.35. The van der Waals surface area contributed by atoms with Crippen LogP contribution in [0.15, 0.2) is 18.2 Å². The number of rotatable bonds is 4. The van der Waals surface area contributed by atoms with Crippen LogP contribution in [0.3, 0.4) is 0 Å². The number of aldehydes is 1. The summed E-state index contributed by atoms with van der Waals surface area (Å²) in [5.41, 5.74) is 4.03. The first-order chi connectivity index (χ1) is 8.88. The van der Waals surface area contributed by atoms with E-state index in [0.29, 0.717) is 6.42 Å². The Labute approximate surface area is 109 Å². The fraction of sp³-hybridized carbons (Fsp3) is 0.562. The highest BCUT2D eigenvalue weighted by molar-refractivity contribution is 5.69. The molecule has 1 fully saturated rings. The quantitative estimate of drug-likeness (QED) is 0.758. The number of anilines is 1. The smallest absolute Gasteiger partial charge is 0.124 e. The predicted octanol–water partition coefficient (Wildman–Crippen LogP) is 2.98. The van der Waals surface area contributed by atoms with E-state index in [9.17, 15) is 4.79 Å². The summed E-state index contributed by atoms with van der Waals surface area (Å²) in [5.74, 6) is 0.875. The van der Waals surface area contributed by atoms with Crippen molar-refractivity contribution >= 4 is 12.0 Å². The standard InChI is InChI=1S/C16H21NO/c18-11-9-15-7-3-6-14-8-10-17(16(14)15)12-13-4-1-2-5-13/h3,6-7,11,13H,1-2,4-5,8-10,12H2. The molecule has 1 saturated carbocycles. The monoisotopic (exact) mass is 243 g/mol. The molecule has 0 unspecified atom stereocenters. The Bertz CT molecular complexity index is 435. The van der Waals surface area contributed by atoms with E-state index in [1.165, 1.54) is 49.0 Å². The molecule has 0 spiro atoms. The second-order valence-corrected chi connectivity index (χ2v) is 5.64. The molecule has 0 N–H and O–H groups in total. The van der Waals surface area contributed by atoms with Gasteiger partial charge in [0.15, 0.2) is 0 Å². The minimum atomic E-state index is 0.560. The summed E-state index contributed by atoms with van der Waals surface area (Å²) in [7, 11) is 0. The highest BCUT2D eigenvalue weighted by Gasteiger charge is 2.25. The summed E-state index contributed by atoms with van der Waals surface area (Å²) in [6, 6.07) is 6.43. The number of fused-ring (bicyclic) bond motifs is 1. The van der Waals surface area contributed by atoms with Crippen LogP contribution in [-0.4, -0.2) is 19.4 Å². The van der Waals surface area contributed by atoms with Crippen molar-refractivity contribution in [1.29, 1.82) is 0 Å². The molecular weight excluding hydrogens is 222 g/mol. The van der Waals surface area contributed by atoms with Crippen molar-refractivity contribution in [2.45, 2.75) is 38.5 Å². The number of benzene rings is 1. The lowest BCUT2D eigenvalue weighted by molar-refractivity contribution is -0.107. The maximum absolute atomic E-state index is 10.8. The molecule has 2 heteroatoms. The van der Waals surface area contributed by atoms with Gasteiger partial charge in [0.1, 0.15) is 6.29 Å². The average molecular weight is 243 g/mol. The van der Waals surface area contributed by atoms with Gasteiger partial charge in [0, 0.05) is 25.2 Å². The van der Waals surface area contributed by atoms with Gasteiger partial charge in [0.25, 0.3) is 0 Å². The second kappa shape index (κ2) is 5.13. The summed E-state index contributed by atoms with van der Waals surface area (Å²) in [6.45, 7) is 2.34. The van der Waals surface area contributed by atoms with Crippen molar-refractivity contribution in [2.75, 3.05) is 18.0 Å². The first kappa shape index (κ1) is 11.8. The van der Waals surface area contributed by atoms with Crippen LogP contribution in [-0.2, 0) is 17.6 Å². The van der Waals surface area contributed by atoms with Crippen LogP contribution in [0.25, 0.3) is 0 Å². The van der Waals surface area contributed by atoms with Gasteiger partial charge in [-0.2, -0.15) is 0 Å². The second-order valence-electron chi connectivity index (χ2n) is 5.64. The van der Waals surface area contributed by atoms with Gasteiger partial charge in [-0.3, -0.25) is 0 Å². The van der Waals surface area contributed by atoms with Crippen LogP contribution in [0.4, 0.5) is 5.69 Å². The maximum atomic E-state index is 10.8. The van der Waals surface area contributed by atoms with Gasteiger partial charge in [-0.05, 0) is 36.3 Å². The number of hydrogen-bond donors (Lipinski definition) is 0. The van der Waals surface area contributed by atoms with Gasteiger partial charge >= 0.3 is 0 Å². The van der Waals surface area contributed by atoms with Crippen molar-refractivity contribution in [3.63, 3.8) is 0 Å². The molecule has 1 heterocycles. The largest absolute Gasteiger partial charge is 0.370 e. The third-order valence-corrected chi connectivity index (χ3v) is 4.43. The average Bonchev–Trinajstić information content (AvgIpc) is 3.01. The maximum Gasteiger partial charge on any atom is 0.124 e. The molecule has 0 saturated heterocycles. The third-order valence-electron chi connectivity index (χ3n) is 4.43. The topological polar surface area (TPSA) is 20.3 Å². The Morgan fingerprint density at radius 1 is 1.28 bits per heavy atom. The van der Waals surface area contributed by atoms with E-state index in [2.05, 4.69) is 23.1 Å². The molecule has 96 valence electrons. The Balaban J connectivity index is 1.82. The zero-order chi connectivity index (χ0) is 12.4. The molecule has 1 aliphatic heterocycles. The molecular formula is C16H21NO. The van der Waals surface area contributed by atoms with Crippen LogP contribution >= 0.6 is 0 Å². The first-order valence-corrected chi connectivity index (χ1v) is 7.18. The summed E-state index contributed by atoms with van der Waals surface area (Å²) in [4.78, 5) is 13.3. The Morgan fingerprint density at radius 3 is 2.89 bits per heavy atom. The van der Waals surface area contributed by atoms with E-state index < -0.39 is 0 Å². The number of carbonyl (C=O) groups is 1. The first-order valence-electron chi connectivity index (χ1n) is 7.18. The number of carbonyl (C=O) groups excluding carboxylic acids is 1. The molecule has 2 aliphatic rings. The minimum absolute atomic E-state index is 0.560. The van der Waals surface area contributed by atoms with Gasteiger partial charge in [-0.25, -0.2) is 0 Å². The summed E-state index contributed by atoms with van der Waals surface area (Å²) >= 11 is 0. The van der Waals surface area contributed by atoms with Crippen molar-refractivity contribution in [2.24, 2.45) is 5.92 Å². The summed E-state index contributed by atoms with van der Waals surface area (Å²) in [5, 5.41) is 0. The van der Waals surface area contributed by atoms with Crippen LogP contribution in [0, 0.1) is 5.92 Å². The van der Waals surface area contributed by atoms with E-state index in [-0.39, 0.29) is 0 Å². The van der Waals surface area contributed by atoms with E-state index in [1.54, 1.807) is 0 Å². The van der Waals surface area contributed by atoms with Crippen LogP contribution in [0.1, 0.15) is 36.8 Å². The molecule has 1 aromatic rings. The van der Waals surface area contributed by atoms with Gasteiger partial charge in [0.05, 0.1) is 0 Å². The van der Waals surface area contributed by atoms with E-state index in [4.69, 9.17) is 0 Å². The molecule has 18 heavy (non-hydrogen) atoms. The van der Waals surface area contributed by atoms with Gasteiger partial charge in [-0.15, -0.1) is 0 Å². The van der Waals surface area contributed by atoms with Crippen molar-refractivity contribution in [1.82, 2.24) is 0 Å². The van der Waals surface area contributed by atoms with Gasteiger partial charge < -0.3 is 9.69 Å². The van der Waals surface area contributed by atoms with Crippen molar-refractivity contribution < 1.29 is 4.79 Å². The zero-order valence-corrected chi connectivity index (χ0v) is 10.9. The molecule has 0 radical (unpaired) electrons. The minimum Gasteiger partial charge on any atom is -0.370 e.